The van der Waals surface area contributed by atoms with Crippen molar-refractivity contribution in [2.45, 2.75) is 76.9 Å². The quantitative estimate of drug-likeness (QED) is 0.428. The zero-order valence-electron chi connectivity index (χ0n) is 18.8. The van der Waals surface area contributed by atoms with Gasteiger partial charge in [0, 0.05) is 0 Å². The molecule has 0 heterocycles. The predicted octanol–water partition coefficient (Wildman–Crippen LogP) is 6.60. The van der Waals surface area contributed by atoms with E-state index in [0.717, 1.165) is 31.6 Å². The van der Waals surface area contributed by atoms with E-state index in [-0.39, 0.29) is 0 Å². The molecule has 0 radical (unpaired) electrons. The lowest BCUT2D eigenvalue weighted by atomic mass is 9.80. The molecular formula is C27H36O2S. The molecule has 4 rings (SSSR count). The van der Waals surface area contributed by atoms with Gasteiger partial charge in [0.05, 0.1) is 10.5 Å². The molecule has 30 heavy (non-hydrogen) atoms. The van der Waals surface area contributed by atoms with Crippen LogP contribution in [0.2, 0.25) is 0 Å². The number of fused-ring (bicyclic) bond motifs is 3. The Morgan fingerprint density at radius 3 is 2.30 bits per heavy atom. The Balaban J connectivity index is 1.30. The Morgan fingerprint density at radius 1 is 0.900 bits per heavy atom. The molecule has 3 heteroatoms. The minimum absolute atomic E-state index is 0.355. The fourth-order valence-electron chi connectivity index (χ4n) is 5.14. The van der Waals surface area contributed by atoms with Crippen molar-refractivity contribution < 1.29 is 8.42 Å². The first kappa shape index (κ1) is 21.6. The second-order valence-electron chi connectivity index (χ2n) is 10.1. The van der Waals surface area contributed by atoms with Crippen molar-refractivity contribution >= 4 is 9.84 Å². The van der Waals surface area contributed by atoms with Crippen molar-refractivity contribution in [3.05, 3.63) is 59.2 Å². The number of hydrogen-bond donors (Lipinski definition) is 0. The van der Waals surface area contributed by atoms with Crippen LogP contribution in [-0.4, -0.2) is 18.9 Å². The van der Waals surface area contributed by atoms with Gasteiger partial charge >= 0.3 is 0 Å². The van der Waals surface area contributed by atoms with Crippen LogP contribution in [0.25, 0.3) is 11.1 Å². The molecule has 162 valence electrons. The Labute approximate surface area is 183 Å². The minimum Gasteiger partial charge on any atom is -0.228 e. The third-order valence-electron chi connectivity index (χ3n) is 7.82. The summed E-state index contributed by atoms with van der Waals surface area (Å²) in [5, 5.41) is 0. The Kier molecular flexibility index (Phi) is 6.12. The summed E-state index contributed by atoms with van der Waals surface area (Å²) in [5.74, 6) is 1.47. The van der Waals surface area contributed by atoms with Crippen LogP contribution in [-0.2, 0) is 22.7 Å². The van der Waals surface area contributed by atoms with E-state index >= 15 is 0 Å². The van der Waals surface area contributed by atoms with E-state index in [0.29, 0.717) is 18.1 Å². The summed E-state index contributed by atoms with van der Waals surface area (Å²) in [6.07, 6.45) is 8.61. The Bertz CT molecular complexity index is 995. The third kappa shape index (κ3) is 4.37. The average molecular weight is 425 g/mol. The van der Waals surface area contributed by atoms with Crippen LogP contribution in [0, 0.1) is 11.8 Å². The SMILES string of the molecule is CCC(C)(C)S(=O)(=O)CC1CCC(CCc2ccc3c(c2)-c2ccccc2C3)CC1. The topological polar surface area (TPSA) is 34.1 Å². The summed E-state index contributed by atoms with van der Waals surface area (Å²) >= 11 is 0. The van der Waals surface area contributed by atoms with Crippen LogP contribution in [0.15, 0.2) is 42.5 Å². The van der Waals surface area contributed by atoms with Crippen LogP contribution >= 0.6 is 0 Å². The van der Waals surface area contributed by atoms with E-state index in [9.17, 15) is 8.42 Å². The summed E-state index contributed by atoms with van der Waals surface area (Å²) in [6.45, 7) is 5.73. The molecule has 0 aliphatic heterocycles. The van der Waals surface area contributed by atoms with Gasteiger partial charge in [0.2, 0.25) is 0 Å². The molecule has 2 aromatic rings. The van der Waals surface area contributed by atoms with Crippen LogP contribution in [0.4, 0.5) is 0 Å². The number of sulfone groups is 1. The van der Waals surface area contributed by atoms with Crippen LogP contribution < -0.4 is 0 Å². The predicted molar refractivity (Wildman–Crippen MR) is 127 cm³/mol. The summed E-state index contributed by atoms with van der Waals surface area (Å²) in [5.41, 5.74) is 7.18. The van der Waals surface area contributed by atoms with Crippen LogP contribution in [0.5, 0.6) is 0 Å². The van der Waals surface area contributed by atoms with Crippen molar-refractivity contribution in [1.82, 2.24) is 0 Å². The van der Waals surface area contributed by atoms with Gasteiger partial charge in [-0.2, -0.15) is 0 Å². The molecule has 1 fully saturated rings. The Morgan fingerprint density at radius 2 is 1.57 bits per heavy atom. The van der Waals surface area contributed by atoms with Crippen LogP contribution in [0.3, 0.4) is 0 Å². The van der Waals surface area contributed by atoms with Gasteiger partial charge < -0.3 is 0 Å². The molecule has 2 aliphatic rings. The highest BCUT2D eigenvalue weighted by Gasteiger charge is 2.35. The summed E-state index contributed by atoms with van der Waals surface area (Å²) < 4.78 is 24.9. The van der Waals surface area contributed by atoms with Crippen LogP contribution in [0.1, 0.15) is 76.0 Å². The van der Waals surface area contributed by atoms with E-state index < -0.39 is 14.6 Å². The van der Waals surface area contributed by atoms with E-state index in [1.807, 2.05) is 20.8 Å². The number of rotatable bonds is 7. The number of aryl methyl sites for hydroxylation is 1. The third-order valence-corrected chi connectivity index (χ3v) is 10.7. The van der Waals surface area contributed by atoms with E-state index in [1.165, 1.54) is 47.1 Å². The highest BCUT2D eigenvalue weighted by Crippen LogP contribution is 2.38. The second-order valence-corrected chi connectivity index (χ2v) is 12.8. The van der Waals surface area contributed by atoms with Crippen molar-refractivity contribution in [3.8, 4) is 11.1 Å². The van der Waals surface area contributed by atoms with Gasteiger partial charge in [-0.1, -0.05) is 62.2 Å². The lowest BCUT2D eigenvalue weighted by molar-refractivity contribution is 0.278. The largest absolute Gasteiger partial charge is 0.228 e. The number of hydrogen-bond acceptors (Lipinski definition) is 2. The first-order valence-corrected chi connectivity index (χ1v) is 13.4. The van der Waals surface area contributed by atoms with Crippen molar-refractivity contribution in [1.29, 1.82) is 0 Å². The molecule has 0 atom stereocenters. The van der Waals surface area contributed by atoms with Gasteiger partial charge in [-0.3, -0.25) is 0 Å². The summed E-state index contributed by atoms with van der Waals surface area (Å²) in [4.78, 5) is 0. The van der Waals surface area contributed by atoms with E-state index in [2.05, 4.69) is 42.5 Å². The Hall–Kier alpha value is -1.61. The van der Waals surface area contributed by atoms with Gasteiger partial charge in [-0.15, -0.1) is 0 Å². The van der Waals surface area contributed by atoms with Crippen molar-refractivity contribution in [2.75, 3.05) is 5.75 Å². The molecule has 0 unspecified atom stereocenters. The smallest absolute Gasteiger partial charge is 0.155 e. The maximum Gasteiger partial charge on any atom is 0.155 e. The normalized spacial score (nSPS) is 21.3. The molecule has 2 aromatic carbocycles. The average Bonchev–Trinajstić information content (AvgIpc) is 3.11. The first-order valence-electron chi connectivity index (χ1n) is 11.7. The lowest BCUT2D eigenvalue weighted by Crippen LogP contribution is -2.36. The lowest BCUT2D eigenvalue weighted by Gasteiger charge is -2.31. The molecule has 1 saturated carbocycles. The molecule has 0 spiro atoms. The fourth-order valence-corrected chi connectivity index (χ4v) is 6.98. The molecule has 0 aromatic heterocycles. The molecule has 0 N–H and O–H groups in total. The van der Waals surface area contributed by atoms with E-state index in [4.69, 9.17) is 0 Å². The van der Waals surface area contributed by atoms with Gasteiger partial charge in [-0.05, 0) is 92.0 Å². The van der Waals surface area contributed by atoms with Gasteiger partial charge in [0.1, 0.15) is 0 Å². The number of benzene rings is 2. The summed E-state index contributed by atoms with van der Waals surface area (Å²) in [6, 6.07) is 15.8. The maximum absolute atomic E-state index is 12.7. The minimum atomic E-state index is -3.01. The molecular weight excluding hydrogens is 388 g/mol. The van der Waals surface area contributed by atoms with Crippen molar-refractivity contribution in [2.24, 2.45) is 11.8 Å². The standard InChI is InChI=1S/C27H36O2S/c1-4-27(2,3)30(28,29)19-22-13-10-20(11-14-22)9-12-21-15-16-24-18-23-7-5-6-8-25(23)26(24)17-21/h5-8,15-17,20,22H,4,9-14,18-19H2,1-3H3. The molecule has 0 amide bonds. The van der Waals surface area contributed by atoms with Crippen molar-refractivity contribution in [3.63, 3.8) is 0 Å². The first-order chi connectivity index (χ1) is 14.3. The highest BCUT2D eigenvalue weighted by molar-refractivity contribution is 7.92. The highest BCUT2D eigenvalue weighted by atomic mass is 32.2. The van der Waals surface area contributed by atoms with E-state index in [1.54, 1.807) is 0 Å². The van der Waals surface area contributed by atoms with Gasteiger partial charge in [0.25, 0.3) is 0 Å². The molecule has 0 bridgehead atoms. The molecule has 0 saturated heterocycles. The summed E-state index contributed by atoms with van der Waals surface area (Å²) in [7, 11) is -3.01. The maximum atomic E-state index is 12.7. The molecule has 2 aliphatic carbocycles. The van der Waals surface area contributed by atoms with Gasteiger partial charge in [0.15, 0.2) is 9.84 Å². The van der Waals surface area contributed by atoms with Gasteiger partial charge in [-0.25, -0.2) is 8.42 Å². The zero-order chi connectivity index (χ0) is 21.4. The second kappa shape index (κ2) is 8.49. The molecule has 2 nitrogen and oxygen atoms in total. The fraction of sp³-hybridized carbons (Fsp3) is 0.556. The monoisotopic (exact) mass is 424 g/mol. The zero-order valence-corrected chi connectivity index (χ0v) is 19.6.